The molecule has 4 aromatic rings. The van der Waals surface area contributed by atoms with Crippen molar-refractivity contribution in [2.24, 2.45) is 0 Å². The van der Waals surface area contributed by atoms with Crippen molar-refractivity contribution in [3.63, 3.8) is 0 Å². The van der Waals surface area contributed by atoms with Crippen LogP contribution in [-0.4, -0.2) is 46.9 Å². The van der Waals surface area contributed by atoms with Crippen molar-refractivity contribution >= 4 is 22.9 Å². The molecule has 0 saturated heterocycles. The number of benzene rings is 3. The van der Waals surface area contributed by atoms with Crippen LogP contribution in [0.2, 0.25) is 0 Å². The molecule has 0 radical (unpaired) electrons. The fourth-order valence-electron chi connectivity index (χ4n) is 5.64. The van der Waals surface area contributed by atoms with Crippen LogP contribution in [0.1, 0.15) is 74.0 Å². The smallest absolute Gasteiger partial charge is 0.330 e. The summed E-state index contributed by atoms with van der Waals surface area (Å²) in [4.78, 5) is 30.6. The molecule has 1 fully saturated rings. The maximum absolute atomic E-state index is 13.4. The maximum atomic E-state index is 13.4. The number of carboxylic acids is 1. The highest BCUT2D eigenvalue weighted by molar-refractivity contribution is 5.99. The van der Waals surface area contributed by atoms with Crippen LogP contribution in [0.15, 0.2) is 60.7 Å². The van der Waals surface area contributed by atoms with E-state index in [2.05, 4.69) is 9.88 Å². The van der Waals surface area contributed by atoms with Gasteiger partial charge >= 0.3 is 5.97 Å². The van der Waals surface area contributed by atoms with E-state index in [0.717, 1.165) is 48.3 Å². The minimum absolute atomic E-state index is 0.0831. The number of nitrogens with zero attached hydrogens (tertiary/aromatic N) is 2. The molecule has 1 saturated carbocycles. The minimum atomic E-state index is -1.28. The summed E-state index contributed by atoms with van der Waals surface area (Å²) in [6.45, 7) is 3.99. The van der Waals surface area contributed by atoms with Gasteiger partial charge in [0.05, 0.1) is 31.4 Å². The zero-order valence-electron chi connectivity index (χ0n) is 24.4. The molecule has 3 aromatic carbocycles. The summed E-state index contributed by atoms with van der Waals surface area (Å²) in [5.74, 6) is 0.790. The van der Waals surface area contributed by atoms with Crippen LogP contribution in [0, 0.1) is 0 Å². The van der Waals surface area contributed by atoms with E-state index in [4.69, 9.17) is 19.2 Å². The Morgan fingerprint density at radius 1 is 0.929 bits per heavy atom. The third-order valence-corrected chi connectivity index (χ3v) is 7.64. The summed E-state index contributed by atoms with van der Waals surface area (Å²) >= 11 is 0. The lowest BCUT2D eigenvalue weighted by Crippen LogP contribution is -2.33. The average Bonchev–Trinajstić information content (AvgIpc) is 3.38. The van der Waals surface area contributed by atoms with Crippen molar-refractivity contribution in [3.05, 3.63) is 71.8 Å². The zero-order chi connectivity index (χ0) is 29.8. The molecular formula is C33H37N3O6. The van der Waals surface area contributed by atoms with Crippen molar-refractivity contribution in [2.75, 3.05) is 14.2 Å². The second-order valence-electron chi connectivity index (χ2n) is 10.9. The highest BCUT2D eigenvalue weighted by atomic mass is 16.5. The highest BCUT2D eigenvalue weighted by Crippen LogP contribution is 2.37. The number of carbonyl (C=O) groups is 2. The van der Waals surface area contributed by atoms with Gasteiger partial charge in [-0.25, -0.2) is 9.78 Å². The minimum Gasteiger partial charge on any atom is -0.493 e. The van der Waals surface area contributed by atoms with Crippen LogP contribution in [0.5, 0.6) is 17.2 Å². The van der Waals surface area contributed by atoms with E-state index in [1.165, 1.54) is 20.6 Å². The van der Waals surface area contributed by atoms with Crippen LogP contribution in [0.3, 0.4) is 0 Å². The van der Waals surface area contributed by atoms with E-state index in [9.17, 15) is 14.7 Å². The SMILES string of the molecule is COc1ccc(C(NC(=O)c2ccc3c(c2)nc(-c2ccc(OC(C)C)cc2)n3C2CCCCC2)C(=O)O)cc1OC. The predicted molar refractivity (Wildman–Crippen MR) is 160 cm³/mol. The molecule has 2 N–H and O–H groups in total. The largest absolute Gasteiger partial charge is 0.493 e. The van der Waals surface area contributed by atoms with Gasteiger partial charge in [0.25, 0.3) is 5.91 Å². The first-order valence-corrected chi connectivity index (χ1v) is 14.3. The Balaban J connectivity index is 1.48. The summed E-state index contributed by atoms with van der Waals surface area (Å²) < 4.78 is 18.7. The van der Waals surface area contributed by atoms with Crippen molar-refractivity contribution in [3.8, 4) is 28.6 Å². The standard InChI is InChI=1S/C33H37N3O6/c1-20(2)42-25-14-10-21(11-15-25)31-34-26-18-23(12-16-27(26)36(31)24-8-6-5-7-9-24)32(37)35-30(33(38)39)22-13-17-28(40-3)29(19-22)41-4/h10-20,24,30H,5-9H2,1-4H3,(H,35,37)(H,38,39). The molecule has 1 amide bonds. The lowest BCUT2D eigenvalue weighted by molar-refractivity contribution is -0.139. The number of aromatic nitrogens is 2. The molecule has 0 aliphatic heterocycles. The topological polar surface area (TPSA) is 112 Å². The Morgan fingerprint density at radius 2 is 1.64 bits per heavy atom. The third kappa shape index (κ3) is 6.05. The monoisotopic (exact) mass is 571 g/mol. The number of nitrogens with one attached hydrogen (secondary N) is 1. The highest BCUT2D eigenvalue weighted by Gasteiger charge is 2.26. The number of methoxy groups -OCH3 is 2. The number of amides is 1. The molecule has 1 heterocycles. The van der Waals surface area contributed by atoms with Gasteiger partial charge in [-0.15, -0.1) is 0 Å². The maximum Gasteiger partial charge on any atom is 0.330 e. The van der Waals surface area contributed by atoms with Crippen LogP contribution < -0.4 is 19.5 Å². The van der Waals surface area contributed by atoms with Gasteiger partial charge in [-0.3, -0.25) is 4.79 Å². The van der Waals surface area contributed by atoms with E-state index >= 15 is 0 Å². The lowest BCUT2D eigenvalue weighted by Gasteiger charge is -2.25. The molecule has 0 spiro atoms. The summed E-state index contributed by atoms with van der Waals surface area (Å²) in [7, 11) is 2.97. The molecule has 9 nitrogen and oxygen atoms in total. The third-order valence-electron chi connectivity index (χ3n) is 7.64. The van der Waals surface area contributed by atoms with Crippen LogP contribution in [0.4, 0.5) is 0 Å². The van der Waals surface area contributed by atoms with Gasteiger partial charge in [0.2, 0.25) is 0 Å². The summed E-state index contributed by atoms with van der Waals surface area (Å²) in [5.41, 5.74) is 3.30. The van der Waals surface area contributed by atoms with Gasteiger partial charge < -0.3 is 29.2 Å². The fraction of sp³-hybridized carbons (Fsp3) is 0.364. The Labute approximate surface area is 245 Å². The van der Waals surface area contributed by atoms with Crippen molar-refractivity contribution in [1.29, 1.82) is 0 Å². The van der Waals surface area contributed by atoms with Gasteiger partial charge in [0, 0.05) is 17.2 Å². The van der Waals surface area contributed by atoms with Crippen LogP contribution in [0.25, 0.3) is 22.4 Å². The first kappa shape index (κ1) is 29.0. The number of fused-ring (bicyclic) bond motifs is 1. The summed E-state index contributed by atoms with van der Waals surface area (Å²) in [6, 6.07) is 17.1. The second-order valence-corrected chi connectivity index (χ2v) is 10.9. The first-order valence-electron chi connectivity index (χ1n) is 14.3. The Hall–Kier alpha value is -4.53. The number of ether oxygens (including phenoxy) is 3. The number of imidazole rings is 1. The number of aliphatic carboxylic acids is 1. The fourth-order valence-corrected chi connectivity index (χ4v) is 5.64. The average molecular weight is 572 g/mol. The van der Waals surface area contributed by atoms with Gasteiger partial charge in [-0.05, 0) is 86.8 Å². The normalized spacial score (nSPS) is 14.5. The molecule has 1 aliphatic rings. The van der Waals surface area contributed by atoms with Gasteiger partial charge in [0.1, 0.15) is 11.6 Å². The molecule has 0 bridgehead atoms. The number of rotatable bonds is 10. The number of hydrogen-bond acceptors (Lipinski definition) is 6. The van der Waals surface area contributed by atoms with Gasteiger partial charge in [-0.2, -0.15) is 0 Å². The zero-order valence-corrected chi connectivity index (χ0v) is 24.4. The van der Waals surface area contributed by atoms with E-state index in [1.807, 2.05) is 44.2 Å². The molecule has 1 atom stereocenters. The molecule has 9 heteroatoms. The van der Waals surface area contributed by atoms with Gasteiger partial charge in [0.15, 0.2) is 17.5 Å². The van der Waals surface area contributed by atoms with Crippen molar-refractivity contribution in [1.82, 2.24) is 14.9 Å². The van der Waals surface area contributed by atoms with Crippen LogP contribution >= 0.6 is 0 Å². The summed E-state index contributed by atoms with van der Waals surface area (Å²) in [5, 5.41) is 12.6. The molecule has 5 rings (SSSR count). The molecule has 42 heavy (non-hydrogen) atoms. The lowest BCUT2D eigenvalue weighted by atomic mass is 9.94. The quantitative estimate of drug-likeness (QED) is 0.221. The molecular weight excluding hydrogens is 534 g/mol. The first-order chi connectivity index (χ1) is 20.3. The molecule has 220 valence electrons. The van der Waals surface area contributed by atoms with E-state index < -0.39 is 17.9 Å². The van der Waals surface area contributed by atoms with Gasteiger partial charge in [-0.1, -0.05) is 25.3 Å². The van der Waals surface area contributed by atoms with E-state index in [1.54, 1.807) is 30.3 Å². The Morgan fingerprint density at radius 3 is 2.29 bits per heavy atom. The second kappa shape index (κ2) is 12.5. The molecule has 1 aromatic heterocycles. The van der Waals surface area contributed by atoms with Crippen molar-refractivity contribution in [2.45, 2.75) is 64.1 Å². The van der Waals surface area contributed by atoms with E-state index in [-0.39, 0.29) is 6.10 Å². The number of carbonyl (C=O) groups excluding carboxylic acids is 1. The van der Waals surface area contributed by atoms with Crippen molar-refractivity contribution < 1.29 is 28.9 Å². The number of hydrogen-bond donors (Lipinski definition) is 2. The summed E-state index contributed by atoms with van der Waals surface area (Å²) in [6.07, 6.45) is 5.78. The number of carboxylic acid groups (broad SMARTS) is 1. The Bertz CT molecular complexity index is 1570. The van der Waals surface area contributed by atoms with Crippen LogP contribution in [-0.2, 0) is 4.79 Å². The van der Waals surface area contributed by atoms with E-state index in [0.29, 0.717) is 34.2 Å². The molecule has 1 aliphatic carbocycles. The Kier molecular flexibility index (Phi) is 8.66. The predicted octanol–water partition coefficient (Wildman–Crippen LogP) is 6.57. The molecule has 1 unspecified atom stereocenters.